The summed E-state index contributed by atoms with van der Waals surface area (Å²) in [5, 5.41) is 3.43. The molecule has 2 heterocycles. The Hall–Kier alpha value is 0.0182. The van der Waals surface area contributed by atoms with Gasteiger partial charge in [0.15, 0.2) is 0 Å². The molecule has 134 valence electrons. The van der Waals surface area contributed by atoms with E-state index in [0.29, 0.717) is 11.5 Å². The molecule has 2 radical (unpaired) electrons. The first kappa shape index (κ1) is 18.8. The molecule has 3 rings (SSSR count). The van der Waals surface area contributed by atoms with E-state index in [-0.39, 0.29) is 0 Å². The van der Waals surface area contributed by atoms with Crippen molar-refractivity contribution in [2.75, 3.05) is 26.2 Å². The number of rotatable bonds is 2. The first-order valence-electron chi connectivity index (χ1n) is 9.80. The third kappa shape index (κ3) is 4.40. The molecule has 1 atom stereocenters. The normalized spacial score (nSPS) is 37.6. The quantitative estimate of drug-likeness (QED) is 0.667. The van der Waals surface area contributed by atoms with Crippen molar-refractivity contribution in [3.63, 3.8) is 0 Å². The molecule has 0 bridgehead atoms. The minimum absolute atomic E-state index is 0.438. The second-order valence-electron chi connectivity index (χ2n) is 8.38. The van der Waals surface area contributed by atoms with E-state index in [9.17, 15) is 0 Å². The van der Waals surface area contributed by atoms with Crippen LogP contribution >= 0.6 is 0 Å². The molecule has 3 aliphatic rings. The summed E-state index contributed by atoms with van der Waals surface area (Å²) in [6.07, 6.45) is 10.6. The predicted molar refractivity (Wildman–Crippen MR) is 103 cm³/mol. The molecule has 2 aliphatic heterocycles. The van der Waals surface area contributed by atoms with Crippen molar-refractivity contribution < 1.29 is 0 Å². The maximum atomic E-state index is 4.30. The van der Waals surface area contributed by atoms with Crippen LogP contribution in [0.25, 0.3) is 0 Å². The van der Waals surface area contributed by atoms with Crippen molar-refractivity contribution in [3.05, 3.63) is 24.6 Å². The van der Waals surface area contributed by atoms with Gasteiger partial charge in [0.1, 0.15) is 0 Å². The van der Waals surface area contributed by atoms with E-state index in [0.717, 1.165) is 18.0 Å². The van der Waals surface area contributed by atoms with Gasteiger partial charge in [0.25, 0.3) is 0 Å². The van der Waals surface area contributed by atoms with Gasteiger partial charge in [0.2, 0.25) is 0 Å². The predicted octanol–water partition coefficient (Wildman–Crippen LogP) is 3.44. The van der Waals surface area contributed by atoms with Crippen LogP contribution in [0.1, 0.15) is 58.3 Å². The second-order valence-corrected chi connectivity index (χ2v) is 10.00. The minimum atomic E-state index is 0.438. The van der Waals surface area contributed by atoms with Crippen LogP contribution in [0.3, 0.4) is 0 Å². The van der Waals surface area contributed by atoms with E-state index in [1.54, 1.807) is 0 Å². The summed E-state index contributed by atoms with van der Waals surface area (Å²) in [5.41, 5.74) is 2.83. The fourth-order valence-electron chi connectivity index (χ4n) is 5.12. The average molecular weight is 438 g/mol. The SMILES string of the molecule is C=C1CCC(C2CCCC(C)(N3CC[N]([Sb])CC3)CCC2)C(=C)N1. The van der Waals surface area contributed by atoms with Gasteiger partial charge in [-0.3, -0.25) is 0 Å². The van der Waals surface area contributed by atoms with Gasteiger partial charge in [-0.2, -0.15) is 0 Å². The monoisotopic (exact) mass is 437 g/mol. The Morgan fingerprint density at radius 1 is 1.04 bits per heavy atom. The standard InChI is InChI=1S/C20H34N3.Sb/c1-16-8-9-19(17(2)22-16)18-6-4-10-20(3,11-5-7-18)23-14-12-21-13-15-23;/h18-19,22H,1-2,4-15H2,3H3;/q-1;+1. The van der Waals surface area contributed by atoms with Crippen LogP contribution in [0.2, 0.25) is 0 Å². The van der Waals surface area contributed by atoms with Gasteiger partial charge in [0.05, 0.1) is 0 Å². The van der Waals surface area contributed by atoms with Crippen LogP contribution in [0.15, 0.2) is 24.6 Å². The van der Waals surface area contributed by atoms with Gasteiger partial charge in [-0.05, 0) is 0 Å². The molecule has 1 aliphatic carbocycles. The summed E-state index contributed by atoms with van der Waals surface area (Å²) in [5.74, 6) is 1.50. The summed E-state index contributed by atoms with van der Waals surface area (Å²) >= 11 is 1.88. The molecule has 1 N–H and O–H groups in total. The number of nitrogens with one attached hydrogen (secondary N) is 1. The summed E-state index contributed by atoms with van der Waals surface area (Å²) in [6.45, 7) is 15.9. The number of piperazine rings is 1. The van der Waals surface area contributed by atoms with Crippen molar-refractivity contribution in [1.82, 2.24) is 13.3 Å². The topological polar surface area (TPSA) is 18.5 Å². The van der Waals surface area contributed by atoms with Crippen molar-refractivity contribution >= 4 is 23.3 Å². The molecular formula is C20H34N3Sb. The van der Waals surface area contributed by atoms with Gasteiger partial charge >= 0.3 is 151 Å². The molecule has 0 aromatic carbocycles. The van der Waals surface area contributed by atoms with Crippen LogP contribution in [0.5, 0.6) is 0 Å². The fourth-order valence-corrected chi connectivity index (χ4v) is 5.63. The zero-order chi connectivity index (χ0) is 17.2. The number of hydrogen-bond donors (Lipinski definition) is 1. The van der Waals surface area contributed by atoms with Crippen molar-refractivity contribution in [2.24, 2.45) is 11.8 Å². The number of piperidine rings is 1. The molecule has 0 aromatic heterocycles. The van der Waals surface area contributed by atoms with Gasteiger partial charge < -0.3 is 0 Å². The van der Waals surface area contributed by atoms with Gasteiger partial charge in [-0.15, -0.1) is 0 Å². The first-order chi connectivity index (χ1) is 11.5. The second kappa shape index (κ2) is 8.14. The Kier molecular flexibility index (Phi) is 6.38. The van der Waals surface area contributed by atoms with Gasteiger partial charge in [-0.1, -0.05) is 6.58 Å². The zero-order valence-electron chi connectivity index (χ0n) is 15.4. The van der Waals surface area contributed by atoms with E-state index >= 15 is 0 Å². The molecule has 3 fully saturated rings. The molecule has 0 aromatic rings. The van der Waals surface area contributed by atoms with E-state index in [4.69, 9.17) is 0 Å². The molecule has 1 saturated carbocycles. The Balaban J connectivity index is 1.55. The molecule has 1 unspecified atom stereocenters. The first-order valence-corrected chi connectivity index (χ1v) is 10.9. The van der Waals surface area contributed by atoms with Crippen molar-refractivity contribution in [2.45, 2.75) is 63.8 Å². The molecule has 24 heavy (non-hydrogen) atoms. The van der Waals surface area contributed by atoms with Crippen LogP contribution in [0.4, 0.5) is 0 Å². The maximum absolute atomic E-state index is 4.30. The molecule has 0 spiro atoms. The molecule has 3 nitrogen and oxygen atoms in total. The Morgan fingerprint density at radius 3 is 2.25 bits per heavy atom. The number of nitrogens with zero attached hydrogens (tertiary/aromatic N) is 2. The van der Waals surface area contributed by atoms with E-state index < -0.39 is 0 Å². The Labute approximate surface area is 162 Å². The van der Waals surface area contributed by atoms with Crippen LogP contribution in [0, 0.1) is 11.8 Å². The Bertz CT molecular complexity index is 458. The summed E-state index contributed by atoms with van der Waals surface area (Å²) in [6, 6.07) is 0. The summed E-state index contributed by atoms with van der Waals surface area (Å²) in [4.78, 5) is 2.80. The summed E-state index contributed by atoms with van der Waals surface area (Å²) in [7, 11) is 0. The number of hydrogen-bond acceptors (Lipinski definition) is 3. The molecule has 0 amide bonds. The molecule has 4 heteroatoms. The van der Waals surface area contributed by atoms with Gasteiger partial charge in [-0.25, -0.2) is 0 Å². The van der Waals surface area contributed by atoms with E-state index in [1.165, 1.54) is 76.8 Å². The summed E-state index contributed by atoms with van der Waals surface area (Å²) < 4.78 is 2.52. The molecular weight excluding hydrogens is 404 g/mol. The van der Waals surface area contributed by atoms with Crippen LogP contribution in [-0.4, -0.2) is 63.0 Å². The fraction of sp³-hybridized carbons (Fsp3) is 0.800. The van der Waals surface area contributed by atoms with Gasteiger partial charge in [0, 0.05) is 5.70 Å². The third-order valence-electron chi connectivity index (χ3n) is 6.71. The van der Waals surface area contributed by atoms with Crippen LogP contribution < -0.4 is 5.32 Å². The van der Waals surface area contributed by atoms with Crippen molar-refractivity contribution in [1.29, 1.82) is 0 Å². The van der Waals surface area contributed by atoms with E-state index in [1.807, 2.05) is 23.3 Å². The van der Waals surface area contributed by atoms with Crippen LogP contribution in [-0.2, 0) is 0 Å². The molecule has 2 saturated heterocycles. The van der Waals surface area contributed by atoms with E-state index in [2.05, 4.69) is 33.4 Å². The third-order valence-corrected chi connectivity index (χ3v) is 7.85. The van der Waals surface area contributed by atoms with Crippen molar-refractivity contribution in [3.8, 4) is 0 Å². The zero-order valence-corrected chi connectivity index (χ0v) is 17.9. The average Bonchev–Trinajstić information content (AvgIpc) is 2.52. The number of allylic oxidation sites excluding steroid dienone is 2. The Morgan fingerprint density at radius 2 is 1.67 bits per heavy atom.